The van der Waals surface area contributed by atoms with E-state index in [1.165, 1.54) is 6.33 Å². The molecule has 1 aliphatic heterocycles. The molecule has 5 rings (SSSR count). The molecule has 1 fully saturated rings. The van der Waals surface area contributed by atoms with Crippen LogP contribution in [-0.4, -0.2) is 49.1 Å². The summed E-state index contributed by atoms with van der Waals surface area (Å²) in [5.41, 5.74) is 0.682. The third-order valence-electron chi connectivity index (χ3n) is 5.86. The molecule has 0 spiro atoms. The number of halogens is 1. The first kappa shape index (κ1) is 20.0. The van der Waals surface area contributed by atoms with Crippen LogP contribution in [0.4, 0.5) is 4.39 Å². The van der Waals surface area contributed by atoms with Crippen LogP contribution in [0, 0.1) is 6.92 Å². The van der Waals surface area contributed by atoms with Crippen LogP contribution >= 0.6 is 9.24 Å². The SMILES string of the molecule is Cc1cc(C2CN(C(=O)c3ccc4cc(P)ccc4c3)CC(C)(F)C2)n2ncnc2n1. The second kappa shape index (κ2) is 7.34. The van der Waals surface area contributed by atoms with E-state index in [2.05, 4.69) is 30.4 Å². The van der Waals surface area contributed by atoms with Crippen LogP contribution < -0.4 is 5.30 Å². The summed E-state index contributed by atoms with van der Waals surface area (Å²) in [4.78, 5) is 23.5. The molecule has 1 amide bonds. The van der Waals surface area contributed by atoms with Crippen molar-refractivity contribution in [1.29, 1.82) is 0 Å². The van der Waals surface area contributed by atoms with Crippen LogP contribution in [0.15, 0.2) is 48.8 Å². The van der Waals surface area contributed by atoms with Crippen LogP contribution in [0.5, 0.6) is 0 Å². The number of hydrogen-bond donors (Lipinski definition) is 0. The highest BCUT2D eigenvalue weighted by atomic mass is 31.0. The zero-order valence-corrected chi connectivity index (χ0v) is 18.6. The highest BCUT2D eigenvalue weighted by Gasteiger charge is 2.40. The Bertz CT molecular complexity index is 1320. The summed E-state index contributed by atoms with van der Waals surface area (Å²) in [5, 5.41) is 7.41. The predicted molar refractivity (Wildman–Crippen MR) is 122 cm³/mol. The van der Waals surface area contributed by atoms with Gasteiger partial charge >= 0.3 is 0 Å². The molecule has 6 nitrogen and oxygen atoms in total. The van der Waals surface area contributed by atoms with E-state index in [9.17, 15) is 4.79 Å². The Hall–Kier alpha value is -2.92. The molecule has 31 heavy (non-hydrogen) atoms. The number of fused-ring (bicyclic) bond motifs is 2. The average molecular weight is 435 g/mol. The number of likely N-dealkylation sites (tertiary alicyclic amines) is 1. The van der Waals surface area contributed by atoms with Gasteiger partial charge in [0, 0.05) is 23.7 Å². The van der Waals surface area contributed by atoms with E-state index in [1.54, 1.807) is 16.3 Å². The molecule has 4 aromatic rings. The summed E-state index contributed by atoms with van der Waals surface area (Å²) in [5.74, 6) is 0.117. The first-order valence-corrected chi connectivity index (χ1v) is 10.8. The van der Waals surface area contributed by atoms with E-state index in [-0.39, 0.29) is 18.4 Å². The van der Waals surface area contributed by atoms with Crippen LogP contribution in [-0.2, 0) is 0 Å². The van der Waals surface area contributed by atoms with Crippen molar-refractivity contribution in [2.24, 2.45) is 0 Å². The molecule has 0 radical (unpaired) electrons. The van der Waals surface area contributed by atoms with Gasteiger partial charge in [-0.2, -0.15) is 10.1 Å². The van der Waals surface area contributed by atoms with E-state index in [4.69, 9.17) is 0 Å². The van der Waals surface area contributed by atoms with Gasteiger partial charge in [-0.1, -0.05) is 18.2 Å². The third kappa shape index (κ3) is 3.79. The maximum absolute atomic E-state index is 15.4. The lowest BCUT2D eigenvalue weighted by atomic mass is 9.85. The zero-order chi connectivity index (χ0) is 21.8. The van der Waals surface area contributed by atoms with Crippen LogP contribution in [0.3, 0.4) is 0 Å². The number of rotatable bonds is 2. The number of carbonyl (C=O) groups excluding carboxylic acids is 1. The summed E-state index contributed by atoms with van der Waals surface area (Å²) in [6, 6.07) is 13.6. The van der Waals surface area contributed by atoms with E-state index in [1.807, 2.05) is 43.3 Å². The van der Waals surface area contributed by atoms with E-state index < -0.39 is 5.67 Å². The molecule has 3 unspecified atom stereocenters. The van der Waals surface area contributed by atoms with Gasteiger partial charge in [-0.3, -0.25) is 4.79 Å². The van der Waals surface area contributed by atoms with Gasteiger partial charge in [-0.15, -0.1) is 9.24 Å². The molecule has 3 heterocycles. The average Bonchev–Trinajstić information content (AvgIpc) is 3.19. The van der Waals surface area contributed by atoms with Crippen molar-refractivity contribution in [3.63, 3.8) is 0 Å². The molecule has 0 saturated carbocycles. The number of alkyl halides is 1. The number of aromatic nitrogens is 4. The molecule has 0 bridgehead atoms. The number of amides is 1. The molecule has 1 aliphatic rings. The second-order valence-corrected chi connectivity index (χ2v) is 9.28. The van der Waals surface area contributed by atoms with Gasteiger partial charge in [0.15, 0.2) is 0 Å². The van der Waals surface area contributed by atoms with E-state index in [0.29, 0.717) is 24.3 Å². The highest BCUT2D eigenvalue weighted by Crippen LogP contribution is 2.36. The lowest BCUT2D eigenvalue weighted by molar-refractivity contribution is 0.0342. The fourth-order valence-electron chi connectivity index (χ4n) is 4.55. The van der Waals surface area contributed by atoms with Crippen molar-refractivity contribution >= 4 is 37.0 Å². The van der Waals surface area contributed by atoms with Gasteiger partial charge in [-0.05, 0) is 60.6 Å². The maximum Gasteiger partial charge on any atom is 0.254 e. The third-order valence-corrected chi connectivity index (χ3v) is 6.22. The fraction of sp³-hybridized carbons (Fsp3) is 0.304. The van der Waals surface area contributed by atoms with Crippen LogP contribution in [0.25, 0.3) is 16.6 Å². The number of nitrogens with zero attached hydrogens (tertiary/aromatic N) is 5. The summed E-state index contributed by atoms with van der Waals surface area (Å²) in [7, 11) is 2.68. The monoisotopic (exact) mass is 435 g/mol. The van der Waals surface area contributed by atoms with Gasteiger partial charge in [0.25, 0.3) is 11.7 Å². The van der Waals surface area contributed by atoms with Crippen molar-refractivity contribution in [3.05, 3.63) is 65.7 Å². The topological polar surface area (TPSA) is 63.4 Å². The Labute approximate surface area is 181 Å². The summed E-state index contributed by atoms with van der Waals surface area (Å²) in [6.07, 6.45) is 1.75. The van der Waals surface area contributed by atoms with Crippen molar-refractivity contribution in [1.82, 2.24) is 24.5 Å². The Morgan fingerprint density at radius 3 is 2.81 bits per heavy atom. The molecule has 1 saturated heterocycles. The van der Waals surface area contributed by atoms with Gasteiger partial charge in [0.2, 0.25) is 0 Å². The summed E-state index contributed by atoms with van der Waals surface area (Å²) >= 11 is 0. The minimum atomic E-state index is -1.51. The Morgan fingerprint density at radius 1 is 1.19 bits per heavy atom. The molecule has 158 valence electrons. The predicted octanol–water partition coefficient (Wildman–Crippen LogP) is 3.44. The number of benzene rings is 2. The lowest BCUT2D eigenvalue weighted by Gasteiger charge is -2.40. The van der Waals surface area contributed by atoms with E-state index in [0.717, 1.165) is 27.5 Å². The molecule has 8 heteroatoms. The Kier molecular flexibility index (Phi) is 4.74. The van der Waals surface area contributed by atoms with Gasteiger partial charge in [-0.25, -0.2) is 13.9 Å². The minimum Gasteiger partial charge on any atom is -0.335 e. The molecular weight excluding hydrogens is 412 g/mol. The number of hydrogen-bond acceptors (Lipinski definition) is 4. The first-order valence-electron chi connectivity index (χ1n) is 10.2. The summed E-state index contributed by atoms with van der Waals surface area (Å²) in [6.45, 7) is 3.93. The molecule has 0 N–H and O–H groups in total. The number of carbonyl (C=O) groups is 1. The quantitative estimate of drug-likeness (QED) is 0.453. The number of piperidine rings is 1. The molecule has 2 aromatic heterocycles. The molecule has 3 atom stereocenters. The minimum absolute atomic E-state index is 0.0650. The van der Waals surface area contributed by atoms with Crippen molar-refractivity contribution in [3.8, 4) is 0 Å². The first-order chi connectivity index (χ1) is 14.8. The van der Waals surface area contributed by atoms with Crippen molar-refractivity contribution < 1.29 is 9.18 Å². The Morgan fingerprint density at radius 2 is 1.97 bits per heavy atom. The van der Waals surface area contributed by atoms with Gasteiger partial charge in [0.1, 0.15) is 12.0 Å². The highest BCUT2D eigenvalue weighted by molar-refractivity contribution is 7.27. The van der Waals surface area contributed by atoms with Crippen LogP contribution in [0.1, 0.15) is 41.0 Å². The second-order valence-electron chi connectivity index (χ2n) is 8.62. The largest absolute Gasteiger partial charge is 0.335 e. The standard InChI is InChI=1S/C23H23FN5OP/c1-14-7-20(29-22(27-14)25-13-26-29)18-10-23(2,24)12-28(11-18)21(30)17-4-3-16-9-19(31)6-5-15(16)8-17/h3-9,13,18H,10-12,31H2,1-2H3. The number of aryl methyl sites for hydroxylation is 1. The van der Waals surface area contributed by atoms with Gasteiger partial charge in [0.05, 0.1) is 12.2 Å². The van der Waals surface area contributed by atoms with E-state index >= 15 is 4.39 Å². The Balaban J connectivity index is 1.50. The zero-order valence-electron chi connectivity index (χ0n) is 17.4. The lowest BCUT2D eigenvalue weighted by Crippen LogP contribution is -2.49. The normalized spacial score (nSPS) is 21.7. The molecule has 0 aliphatic carbocycles. The molecule has 2 aromatic carbocycles. The van der Waals surface area contributed by atoms with Crippen molar-refractivity contribution in [2.75, 3.05) is 13.1 Å². The van der Waals surface area contributed by atoms with Crippen molar-refractivity contribution in [2.45, 2.75) is 31.9 Å². The smallest absolute Gasteiger partial charge is 0.254 e. The molecular formula is C23H23FN5OP. The van der Waals surface area contributed by atoms with Crippen LogP contribution in [0.2, 0.25) is 0 Å². The maximum atomic E-state index is 15.4. The summed E-state index contributed by atoms with van der Waals surface area (Å²) < 4.78 is 17.1. The van der Waals surface area contributed by atoms with Gasteiger partial charge < -0.3 is 4.90 Å². The fourth-order valence-corrected chi connectivity index (χ4v) is 4.83.